The first kappa shape index (κ1) is 21.5. The van der Waals surface area contributed by atoms with Crippen LogP contribution in [0.25, 0.3) is 21.8 Å². The first-order chi connectivity index (χ1) is 15.0. The van der Waals surface area contributed by atoms with Gasteiger partial charge in [-0.2, -0.15) is 5.10 Å². The number of hydrogen-bond acceptors (Lipinski definition) is 1. The number of aromatic nitrogens is 3. The minimum atomic E-state index is -0.284. The standard InChI is InChI=1S/C27H31ClFN3/c1-26(2,3)23-21(29)12-10-19-17(15-31(6)25(19)23)13-27(4,5)22-20(28)11-7-16-14-30-32(24(16)22)18-8-9-18/h7,10-12,14-15,18H,8-9,13H2,1-6H3. The molecule has 2 aromatic heterocycles. The van der Waals surface area contributed by atoms with Gasteiger partial charge in [0.05, 0.1) is 23.3 Å². The molecule has 1 aliphatic rings. The van der Waals surface area contributed by atoms with Gasteiger partial charge < -0.3 is 4.57 Å². The average molecular weight is 452 g/mol. The van der Waals surface area contributed by atoms with Crippen molar-refractivity contribution in [3.05, 3.63) is 64.2 Å². The molecule has 0 bridgehead atoms. The highest BCUT2D eigenvalue weighted by Gasteiger charge is 2.33. The van der Waals surface area contributed by atoms with Gasteiger partial charge in [-0.3, -0.25) is 4.68 Å². The van der Waals surface area contributed by atoms with Crippen LogP contribution >= 0.6 is 11.6 Å². The molecule has 4 aromatic rings. The van der Waals surface area contributed by atoms with Crippen LogP contribution in [0.15, 0.2) is 36.7 Å². The zero-order chi connectivity index (χ0) is 23.0. The van der Waals surface area contributed by atoms with Crippen molar-refractivity contribution in [2.24, 2.45) is 7.05 Å². The second-order valence-corrected chi connectivity index (χ2v) is 11.5. The van der Waals surface area contributed by atoms with Gasteiger partial charge in [-0.25, -0.2) is 4.39 Å². The molecular formula is C27H31ClFN3. The summed E-state index contributed by atoms with van der Waals surface area (Å²) in [7, 11) is 2.02. The van der Waals surface area contributed by atoms with Crippen LogP contribution < -0.4 is 0 Å². The SMILES string of the molecule is Cn1cc(CC(C)(C)c2c(Cl)ccc3cnn(C4CC4)c23)c2ccc(F)c(C(C)(C)C)c21. The van der Waals surface area contributed by atoms with E-state index in [0.29, 0.717) is 6.04 Å². The van der Waals surface area contributed by atoms with Gasteiger partial charge in [0.1, 0.15) is 5.82 Å². The van der Waals surface area contributed by atoms with Crippen LogP contribution in [0.1, 0.15) is 70.2 Å². The van der Waals surface area contributed by atoms with E-state index in [1.807, 2.05) is 25.4 Å². The summed E-state index contributed by atoms with van der Waals surface area (Å²) in [6, 6.07) is 8.10. The molecule has 0 aliphatic heterocycles. The summed E-state index contributed by atoms with van der Waals surface area (Å²) in [4.78, 5) is 0. The summed E-state index contributed by atoms with van der Waals surface area (Å²) in [5.41, 5.74) is 4.76. The maximum absolute atomic E-state index is 14.9. The highest BCUT2D eigenvalue weighted by atomic mass is 35.5. The predicted octanol–water partition coefficient (Wildman–Crippen LogP) is 7.47. The Bertz CT molecular complexity index is 1350. The van der Waals surface area contributed by atoms with E-state index >= 15 is 0 Å². The van der Waals surface area contributed by atoms with Crippen LogP contribution in [0.4, 0.5) is 4.39 Å². The average Bonchev–Trinajstić information content (AvgIpc) is 3.37. The van der Waals surface area contributed by atoms with Gasteiger partial charge in [0, 0.05) is 40.2 Å². The van der Waals surface area contributed by atoms with Gasteiger partial charge in [0.2, 0.25) is 0 Å². The molecule has 1 saturated carbocycles. The molecule has 0 saturated heterocycles. The van der Waals surface area contributed by atoms with Crippen molar-refractivity contribution in [1.82, 2.24) is 14.3 Å². The van der Waals surface area contributed by atoms with E-state index in [1.54, 1.807) is 6.07 Å². The monoisotopic (exact) mass is 451 g/mol. The first-order valence-corrected chi connectivity index (χ1v) is 11.8. The Kier molecular flexibility index (Phi) is 4.76. The van der Waals surface area contributed by atoms with Crippen LogP contribution in [0, 0.1) is 5.82 Å². The van der Waals surface area contributed by atoms with E-state index in [4.69, 9.17) is 16.7 Å². The smallest absolute Gasteiger partial charge is 0.129 e. The Morgan fingerprint density at radius 3 is 2.41 bits per heavy atom. The fraction of sp³-hybridized carbons (Fsp3) is 0.444. The minimum absolute atomic E-state index is 0.141. The van der Waals surface area contributed by atoms with Gasteiger partial charge in [-0.05, 0) is 59.9 Å². The molecule has 0 amide bonds. The van der Waals surface area contributed by atoms with Crippen LogP contribution in [-0.4, -0.2) is 14.3 Å². The summed E-state index contributed by atoms with van der Waals surface area (Å²) in [6.07, 6.45) is 7.27. The van der Waals surface area contributed by atoms with Crippen molar-refractivity contribution in [2.45, 2.75) is 70.8 Å². The molecular weight excluding hydrogens is 421 g/mol. The molecule has 0 atom stereocenters. The molecule has 0 spiro atoms. The second kappa shape index (κ2) is 7.08. The van der Waals surface area contributed by atoms with Crippen LogP contribution in [0.3, 0.4) is 0 Å². The Balaban J connectivity index is 1.67. The number of aryl methyl sites for hydroxylation is 1. The molecule has 3 nitrogen and oxygen atoms in total. The highest BCUT2D eigenvalue weighted by molar-refractivity contribution is 6.32. The normalized spacial score (nSPS) is 15.2. The van der Waals surface area contributed by atoms with Crippen molar-refractivity contribution in [3.63, 3.8) is 0 Å². The zero-order valence-electron chi connectivity index (χ0n) is 19.8. The lowest BCUT2D eigenvalue weighted by molar-refractivity contribution is 0.522. The second-order valence-electron chi connectivity index (χ2n) is 11.1. The molecule has 2 aromatic carbocycles. The molecule has 168 valence electrons. The zero-order valence-corrected chi connectivity index (χ0v) is 20.5. The summed E-state index contributed by atoms with van der Waals surface area (Å²) < 4.78 is 19.1. The van der Waals surface area contributed by atoms with Crippen LogP contribution in [0.2, 0.25) is 5.02 Å². The van der Waals surface area contributed by atoms with Crippen molar-refractivity contribution < 1.29 is 4.39 Å². The van der Waals surface area contributed by atoms with E-state index in [9.17, 15) is 4.39 Å². The molecule has 32 heavy (non-hydrogen) atoms. The summed E-state index contributed by atoms with van der Waals surface area (Å²) in [5, 5.41) is 7.73. The first-order valence-electron chi connectivity index (χ1n) is 11.4. The molecule has 2 heterocycles. The van der Waals surface area contributed by atoms with E-state index in [-0.39, 0.29) is 16.6 Å². The van der Waals surface area contributed by atoms with Crippen LogP contribution in [0.5, 0.6) is 0 Å². The maximum Gasteiger partial charge on any atom is 0.129 e. The van der Waals surface area contributed by atoms with Gasteiger partial charge in [0.25, 0.3) is 0 Å². The van der Waals surface area contributed by atoms with E-state index in [1.165, 1.54) is 18.4 Å². The Morgan fingerprint density at radius 1 is 1.03 bits per heavy atom. The number of benzene rings is 2. The fourth-order valence-electron chi connectivity index (χ4n) is 5.33. The molecule has 5 heteroatoms. The third-order valence-corrected chi connectivity index (χ3v) is 7.15. The molecule has 1 aliphatic carbocycles. The largest absolute Gasteiger partial charge is 0.350 e. The highest BCUT2D eigenvalue weighted by Crippen LogP contribution is 2.44. The summed E-state index contributed by atoms with van der Waals surface area (Å²) in [5.74, 6) is -0.141. The number of fused-ring (bicyclic) bond motifs is 2. The van der Waals surface area contributed by atoms with Gasteiger partial charge in [0.15, 0.2) is 0 Å². The number of hydrogen-bond donors (Lipinski definition) is 0. The third-order valence-electron chi connectivity index (χ3n) is 6.84. The number of nitrogens with zero attached hydrogens (tertiary/aromatic N) is 3. The lowest BCUT2D eigenvalue weighted by Crippen LogP contribution is -2.22. The minimum Gasteiger partial charge on any atom is -0.350 e. The maximum atomic E-state index is 14.9. The van der Waals surface area contributed by atoms with Crippen molar-refractivity contribution >= 4 is 33.4 Å². The van der Waals surface area contributed by atoms with Gasteiger partial charge >= 0.3 is 0 Å². The molecule has 0 unspecified atom stereocenters. The lowest BCUT2D eigenvalue weighted by atomic mass is 9.77. The third kappa shape index (κ3) is 3.35. The van der Waals surface area contributed by atoms with E-state index in [2.05, 4.69) is 56.1 Å². The molecule has 5 rings (SSSR count). The van der Waals surface area contributed by atoms with Crippen molar-refractivity contribution in [2.75, 3.05) is 0 Å². The van der Waals surface area contributed by atoms with Gasteiger partial charge in [-0.1, -0.05) is 46.2 Å². The lowest BCUT2D eigenvalue weighted by Gasteiger charge is -2.28. The van der Waals surface area contributed by atoms with E-state index in [0.717, 1.165) is 44.4 Å². The predicted molar refractivity (Wildman–Crippen MR) is 131 cm³/mol. The quantitative estimate of drug-likeness (QED) is 0.315. The van der Waals surface area contributed by atoms with Crippen molar-refractivity contribution in [1.29, 1.82) is 0 Å². The van der Waals surface area contributed by atoms with E-state index < -0.39 is 0 Å². The van der Waals surface area contributed by atoms with Gasteiger partial charge in [-0.15, -0.1) is 0 Å². The Hall–Kier alpha value is -2.33. The Labute approximate surface area is 194 Å². The van der Waals surface area contributed by atoms with Crippen LogP contribution in [-0.2, 0) is 24.3 Å². The summed E-state index contributed by atoms with van der Waals surface area (Å²) in [6.45, 7) is 10.7. The number of halogens is 2. The Morgan fingerprint density at radius 2 is 1.75 bits per heavy atom. The summed E-state index contributed by atoms with van der Waals surface area (Å²) >= 11 is 6.84. The topological polar surface area (TPSA) is 22.8 Å². The van der Waals surface area contributed by atoms with Crippen molar-refractivity contribution in [3.8, 4) is 0 Å². The fourth-order valence-corrected chi connectivity index (χ4v) is 5.74. The molecule has 1 fully saturated rings. The molecule has 0 N–H and O–H groups in total. The number of rotatable bonds is 4. The molecule has 0 radical (unpaired) electrons.